The number of carbonyl (C=O) groups is 4. The molecule has 0 saturated carbocycles. The van der Waals surface area contributed by atoms with Crippen LogP contribution in [0, 0.1) is 17.5 Å². The van der Waals surface area contributed by atoms with Crippen LogP contribution in [0.25, 0.3) is 10.8 Å². The summed E-state index contributed by atoms with van der Waals surface area (Å²) in [7, 11) is 1.42. The van der Waals surface area contributed by atoms with Crippen molar-refractivity contribution in [2.45, 2.75) is 51.8 Å². The van der Waals surface area contributed by atoms with Gasteiger partial charge in [-0.05, 0) is 62.9 Å². The number of aromatic nitrogens is 1. The summed E-state index contributed by atoms with van der Waals surface area (Å²) in [5, 5.41) is 6.16. The Bertz CT molecular complexity index is 1640. The topological polar surface area (TPSA) is 133 Å². The van der Waals surface area contributed by atoms with Crippen LogP contribution in [-0.2, 0) is 20.8 Å². The van der Waals surface area contributed by atoms with E-state index in [-0.39, 0.29) is 43.3 Å². The van der Waals surface area contributed by atoms with Crippen molar-refractivity contribution in [2.75, 3.05) is 45.2 Å². The first-order chi connectivity index (χ1) is 22.7. The largest absolute Gasteiger partial charge is 0.447 e. The highest BCUT2D eigenvalue weighted by molar-refractivity contribution is 5.89. The molecule has 3 aromatic rings. The fourth-order valence-electron chi connectivity index (χ4n) is 4.94. The summed E-state index contributed by atoms with van der Waals surface area (Å²) < 4.78 is 52.2. The van der Waals surface area contributed by atoms with Crippen molar-refractivity contribution in [2.24, 2.45) is 0 Å². The van der Waals surface area contributed by atoms with E-state index in [4.69, 9.17) is 9.47 Å². The Hall–Kier alpha value is -5.08. The second-order valence-electron chi connectivity index (χ2n) is 12.3. The normalized spacial score (nSPS) is 13.9. The molecule has 1 fully saturated rings. The smallest absolute Gasteiger partial charge is 0.412 e. The van der Waals surface area contributed by atoms with Crippen molar-refractivity contribution in [3.05, 3.63) is 71.7 Å². The Morgan fingerprint density at radius 2 is 1.69 bits per heavy atom. The molecule has 1 aliphatic rings. The fraction of sp³-hybridized carbons (Fsp3) is 0.424. The molecule has 1 saturated heterocycles. The minimum atomic E-state index is -1.08. The number of benzene rings is 2. The second-order valence-corrected chi connectivity index (χ2v) is 12.3. The number of rotatable bonds is 9. The van der Waals surface area contributed by atoms with Crippen molar-refractivity contribution in [1.82, 2.24) is 25.0 Å². The third-order valence-corrected chi connectivity index (χ3v) is 7.63. The van der Waals surface area contributed by atoms with Gasteiger partial charge in [0.25, 0.3) is 0 Å². The van der Waals surface area contributed by atoms with Gasteiger partial charge in [-0.2, -0.15) is 0 Å². The number of likely N-dealkylation sites (N-methyl/N-ethyl adjacent to an activating group) is 1. The van der Waals surface area contributed by atoms with Crippen LogP contribution in [0.1, 0.15) is 39.2 Å². The number of nitrogens with zero attached hydrogens (tertiary/aromatic N) is 4. The molecule has 0 aliphatic carbocycles. The van der Waals surface area contributed by atoms with Gasteiger partial charge in [-0.1, -0.05) is 12.1 Å². The highest BCUT2D eigenvalue weighted by Crippen LogP contribution is 2.19. The molecule has 12 nitrogen and oxygen atoms in total. The predicted molar refractivity (Wildman–Crippen MR) is 170 cm³/mol. The lowest BCUT2D eigenvalue weighted by atomic mass is 10.1. The maximum atomic E-state index is 14.1. The molecule has 1 aliphatic heterocycles. The minimum Gasteiger partial charge on any atom is -0.447 e. The zero-order chi connectivity index (χ0) is 35.0. The van der Waals surface area contributed by atoms with E-state index < -0.39 is 47.3 Å². The minimum absolute atomic E-state index is 0.0178. The average Bonchev–Trinajstić information content (AvgIpc) is 3.04. The van der Waals surface area contributed by atoms with Crippen LogP contribution in [0.15, 0.2) is 48.7 Å². The molecule has 0 spiro atoms. The molecule has 1 atom stereocenters. The molecule has 0 unspecified atom stereocenters. The molecule has 2 aromatic carbocycles. The van der Waals surface area contributed by atoms with Crippen LogP contribution in [0.4, 0.5) is 33.4 Å². The number of pyridine rings is 1. The Morgan fingerprint density at radius 3 is 2.40 bits per heavy atom. The van der Waals surface area contributed by atoms with Gasteiger partial charge in [-0.15, -0.1) is 0 Å². The highest BCUT2D eigenvalue weighted by Gasteiger charge is 2.29. The Kier molecular flexibility index (Phi) is 11.7. The van der Waals surface area contributed by atoms with E-state index in [0.29, 0.717) is 37.0 Å². The van der Waals surface area contributed by atoms with Crippen LogP contribution < -0.4 is 10.6 Å². The Labute approximate surface area is 276 Å². The van der Waals surface area contributed by atoms with Gasteiger partial charge in [0, 0.05) is 63.3 Å². The Morgan fingerprint density at radius 1 is 0.979 bits per heavy atom. The van der Waals surface area contributed by atoms with Crippen molar-refractivity contribution in [3.8, 4) is 0 Å². The van der Waals surface area contributed by atoms with Crippen LogP contribution in [0.5, 0.6) is 0 Å². The van der Waals surface area contributed by atoms with Gasteiger partial charge < -0.3 is 29.5 Å². The third-order valence-electron chi connectivity index (χ3n) is 7.63. The molecule has 0 radical (unpaired) electrons. The van der Waals surface area contributed by atoms with Crippen LogP contribution >= 0.6 is 0 Å². The monoisotopic (exact) mass is 672 g/mol. The summed E-state index contributed by atoms with van der Waals surface area (Å²) in [6.07, 6.45) is 0.177. The molecular formula is C33H39F3N6O6. The van der Waals surface area contributed by atoms with Gasteiger partial charge in [0.2, 0.25) is 5.91 Å². The van der Waals surface area contributed by atoms with E-state index in [2.05, 4.69) is 15.6 Å². The summed E-state index contributed by atoms with van der Waals surface area (Å²) in [6.45, 7) is 5.85. The number of hydrogen-bond acceptors (Lipinski definition) is 7. The number of anilines is 1. The first-order valence-corrected chi connectivity index (χ1v) is 15.4. The van der Waals surface area contributed by atoms with Crippen LogP contribution in [0.2, 0.25) is 0 Å². The van der Waals surface area contributed by atoms with E-state index in [1.54, 1.807) is 31.7 Å². The molecule has 4 rings (SSSR count). The number of hydrogen-bond donors (Lipinski definition) is 2. The van der Waals surface area contributed by atoms with E-state index >= 15 is 0 Å². The number of halogens is 3. The maximum absolute atomic E-state index is 14.1. The van der Waals surface area contributed by atoms with Gasteiger partial charge in [-0.25, -0.2) is 32.5 Å². The molecule has 258 valence electrons. The first kappa shape index (κ1) is 35.8. The van der Waals surface area contributed by atoms with Gasteiger partial charge in [-0.3, -0.25) is 10.1 Å². The summed E-state index contributed by atoms with van der Waals surface area (Å²) >= 11 is 0. The zero-order valence-corrected chi connectivity index (χ0v) is 27.2. The van der Waals surface area contributed by atoms with Crippen molar-refractivity contribution >= 4 is 40.7 Å². The van der Waals surface area contributed by atoms with Crippen molar-refractivity contribution in [3.63, 3.8) is 0 Å². The fourth-order valence-corrected chi connectivity index (χ4v) is 4.94. The van der Waals surface area contributed by atoms with Crippen LogP contribution in [-0.4, -0.2) is 95.3 Å². The van der Waals surface area contributed by atoms with Gasteiger partial charge >= 0.3 is 18.2 Å². The zero-order valence-electron chi connectivity index (χ0n) is 27.2. The molecule has 5 amide bonds. The number of fused-ring (bicyclic) bond motifs is 1. The summed E-state index contributed by atoms with van der Waals surface area (Å²) in [6, 6.07) is 7.75. The molecule has 15 heteroatoms. The SMILES string of the molecule is CN(C(=O)NCc1cccc(F)c1F)[C@@H](CCC(=O)N1CCN(C(=O)OC(C)(C)C)CC1)COC(=O)Nc1cc2cc(F)ccc2cn1. The maximum Gasteiger partial charge on any atom is 0.412 e. The molecule has 48 heavy (non-hydrogen) atoms. The van der Waals surface area contributed by atoms with Crippen molar-refractivity contribution in [1.29, 1.82) is 0 Å². The molecular weight excluding hydrogens is 633 g/mol. The predicted octanol–water partition coefficient (Wildman–Crippen LogP) is 5.27. The lowest BCUT2D eigenvalue weighted by Crippen LogP contribution is -2.52. The van der Waals surface area contributed by atoms with E-state index in [9.17, 15) is 32.3 Å². The van der Waals surface area contributed by atoms with E-state index in [0.717, 1.165) is 6.07 Å². The van der Waals surface area contributed by atoms with E-state index in [1.165, 1.54) is 53.4 Å². The lowest BCUT2D eigenvalue weighted by Gasteiger charge is -2.36. The number of piperazine rings is 1. The van der Waals surface area contributed by atoms with Gasteiger partial charge in [0.05, 0.1) is 6.04 Å². The lowest BCUT2D eigenvalue weighted by molar-refractivity contribution is -0.133. The number of urea groups is 1. The molecule has 2 heterocycles. The molecule has 1 aromatic heterocycles. The van der Waals surface area contributed by atoms with Gasteiger partial charge in [0.15, 0.2) is 11.6 Å². The number of amides is 5. The quantitative estimate of drug-likeness (QED) is 0.317. The third kappa shape index (κ3) is 9.96. The Balaban J connectivity index is 1.37. The average molecular weight is 673 g/mol. The first-order valence-electron chi connectivity index (χ1n) is 15.4. The van der Waals surface area contributed by atoms with Crippen LogP contribution in [0.3, 0.4) is 0 Å². The summed E-state index contributed by atoms with van der Waals surface area (Å²) in [5.41, 5.74) is -0.708. The summed E-state index contributed by atoms with van der Waals surface area (Å²) in [4.78, 5) is 59.7. The number of nitrogens with one attached hydrogen (secondary N) is 2. The highest BCUT2D eigenvalue weighted by atomic mass is 19.2. The number of carbonyl (C=O) groups excluding carboxylic acids is 4. The van der Waals surface area contributed by atoms with Crippen molar-refractivity contribution < 1.29 is 41.8 Å². The second kappa shape index (κ2) is 15.7. The van der Waals surface area contributed by atoms with Gasteiger partial charge in [0.1, 0.15) is 23.8 Å². The number of ether oxygens (including phenoxy) is 2. The van der Waals surface area contributed by atoms with E-state index in [1.807, 2.05) is 0 Å². The standard InChI is InChI=1S/C33H39F3N6O6/c1-33(2,3)48-32(46)42-14-12-41(13-15-42)28(43)11-10-25(40(4)30(44)38-19-22-6-5-7-26(35)29(22)36)20-47-31(45)39-27-17-23-16-24(34)9-8-21(23)18-37-27/h5-9,16-18,25H,10-15,19-20H2,1-4H3,(H,38,44)(H,37,39,45)/t25-/m0/s1. The molecule has 0 bridgehead atoms. The molecule has 2 N–H and O–H groups in total. The summed E-state index contributed by atoms with van der Waals surface area (Å²) in [5.74, 6) is -2.70.